The van der Waals surface area contributed by atoms with E-state index in [0.717, 1.165) is 31.0 Å². The standard InChI is InChI=1S/C19H20ClN/c1-14-5-2-3-8-18(14)19(15-9-11-21-12-10-15)16-6-4-7-17(20)13-16/h2-8,13,21H,9-12H2,1H3. The van der Waals surface area contributed by atoms with Crippen molar-refractivity contribution in [3.63, 3.8) is 0 Å². The van der Waals surface area contributed by atoms with Gasteiger partial charge in [0.05, 0.1) is 0 Å². The molecule has 1 aliphatic heterocycles. The molecule has 108 valence electrons. The Bertz CT molecular complexity index is 665. The van der Waals surface area contributed by atoms with E-state index in [0.29, 0.717) is 0 Å². The summed E-state index contributed by atoms with van der Waals surface area (Å²) in [5, 5.41) is 4.24. The van der Waals surface area contributed by atoms with Gasteiger partial charge in [-0.1, -0.05) is 53.6 Å². The number of hydrogen-bond acceptors (Lipinski definition) is 1. The van der Waals surface area contributed by atoms with Gasteiger partial charge in [0.1, 0.15) is 0 Å². The highest BCUT2D eigenvalue weighted by molar-refractivity contribution is 6.30. The molecule has 0 unspecified atom stereocenters. The second kappa shape index (κ2) is 6.46. The minimum atomic E-state index is 0.799. The van der Waals surface area contributed by atoms with Crippen molar-refractivity contribution in [2.45, 2.75) is 19.8 Å². The fourth-order valence-corrected chi connectivity index (χ4v) is 3.22. The Balaban J connectivity index is 2.18. The number of nitrogens with one attached hydrogen (secondary N) is 1. The molecule has 0 aromatic heterocycles. The van der Waals surface area contributed by atoms with E-state index in [1.807, 2.05) is 12.1 Å². The van der Waals surface area contributed by atoms with Crippen molar-refractivity contribution in [2.75, 3.05) is 13.1 Å². The number of rotatable bonds is 2. The Morgan fingerprint density at radius 1 is 1.00 bits per heavy atom. The molecular weight excluding hydrogens is 278 g/mol. The predicted molar refractivity (Wildman–Crippen MR) is 90.8 cm³/mol. The topological polar surface area (TPSA) is 12.0 Å². The maximum Gasteiger partial charge on any atom is 0.0412 e. The van der Waals surface area contributed by atoms with Crippen LogP contribution in [0, 0.1) is 6.92 Å². The largest absolute Gasteiger partial charge is 0.316 e. The van der Waals surface area contributed by atoms with Crippen LogP contribution in [0.5, 0.6) is 0 Å². The molecule has 21 heavy (non-hydrogen) atoms. The molecule has 0 saturated carbocycles. The molecule has 0 bridgehead atoms. The lowest BCUT2D eigenvalue weighted by Gasteiger charge is -2.22. The summed E-state index contributed by atoms with van der Waals surface area (Å²) >= 11 is 6.22. The monoisotopic (exact) mass is 297 g/mol. The predicted octanol–water partition coefficient (Wildman–Crippen LogP) is 4.83. The molecule has 1 fully saturated rings. The lowest BCUT2D eigenvalue weighted by molar-refractivity contribution is 0.611. The Morgan fingerprint density at radius 3 is 2.48 bits per heavy atom. The van der Waals surface area contributed by atoms with Crippen molar-refractivity contribution in [1.29, 1.82) is 0 Å². The minimum absolute atomic E-state index is 0.799. The minimum Gasteiger partial charge on any atom is -0.316 e. The molecule has 0 atom stereocenters. The molecule has 0 aliphatic carbocycles. The van der Waals surface area contributed by atoms with Crippen LogP contribution in [0.15, 0.2) is 54.1 Å². The highest BCUT2D eigenvalue weighted by Crippen LogP contribution is 2.33. The molecular formula is C19H20ClN. The van der Waals surface area contributed by atoms with Gasteiger partial charge in [-0.05, 0) is 67.3 Å². The molecule has 0 spiro atoms. The van der Waals surface area contributed by atoms with Crippen LogP contribution < -0.4 is 5.32 Å². The molecule has 1 N–H and O–H groups in total. The van der Waals surface area contributed by atoms with Crippen molar-refractivity contribution >= 4 is 17.2 Å². The maximum absolute atomic E-state index is 6.22. The van der Waals surface area contributed by atoms with Crippen molar-refractivity contribution in [3.05, 3.63) is 75.8 Å². The van der Waals surface area contributed by atoms with Crippen LogP contribution in [0.1, 0.15) is 29.5 Å². The summed E-state index contributed by atoms with van der Waals surface area (Å²) in [6.07, 6.45) is 2.21. The van der Waals surface area contributed by atoms with Crippen LogP contribution in [-0.4, -0.2) is 13.1 Å². The molecule has 1 heterocycles. The zero-order valence-corrected chi connectivity index (χ0v) is 13.1. The summed E-state index contributed by atoms with van der Waals surface area (Å²) in [4.78, 5) is 0. The van der Waals surface area contributed by atoms with Gasteiger partial charge in [-0.25, -0.2) is 0 Å². The van der Waals surface area contributed by atoms with E-state index in [9.17, 15) is 0 Å². The van der Waals surface area contributed by atoms with Crippen molar-refractivity contribution in [3.8, 4) is 0 Å². The van der Waals surface area contributed by atoms with Crippen LogP contribution >= 0.6 is 11.6 Å². The number of piperidine rings is 1. The normalized spacial score (nSPS) is 15.0. The summed E-state index contributed by atoms with van der Waals surface area (Å²) in [5.41, 5.74) is 6.78. The summed E-state index contributed by atoms with van der Waals surface area (Å²) in [6, 6.07) is 16.9. The molecule has 1 aliphatic rings. The van der Waals surface area contributed by atoms with Crippen LogP contribution in [-0.2, 0) is 0 Å². The van der Waals surface area contributed by atoms with Gasteiger partial charge < -0.3 is 5.32 Å². The van der Waals surface area contributed by atoms with Gasteiger partial charge in [-0.15, -0.1) is 0 Å². The SMILES string of the molecule is Cc1ccccc1C(=C1CCNCC1)c1cccc(Cl)c1. The number of hydrogen-bond donors (Lipinski definition) is 1. The highest BCUT2D eigenvalue weighted by atomic mass is 35.5. The second-order valence-electron chi connectivity index (χ2n) is 5.55. The number of benzene rings is 2. The first kappa shape index (κ1) is 14.4. The van der Waals surface area contributed by atoms with Gasteiger partial charge in [0, 0.05) is 5.02 Å². The number of halogens is 1. The molecule has 0 amide bonds. The van der Waals surface area contributed by atoms with Crippen molar-refractivity contribution in [2.24, 2.45) is 0 Å². The van der Waals surface area contributed by atoms with E-state index in [-0.39, 0.29) is 0 Å². The van der Waals surface area contributed by atoms with Crippen LogP contribution in [0.2, 0.25) is 5.02 Å². The summed E-state index contributed by atoms with van der Waals surface area (Å²) < 4.78 is 0. The van der Waals surface area contributed by atoms with E-state index < -0.39 is 0 Å². The molecule has 0 radical (unpaired) electrons. The van der Waals surface area contributed by atoms with Gasteiger partial charge in [0.15, 0.2) is 0 Å². The lowest BCUT2D eigenvalue weighted by atomic mass is 9.87. The first-order chi connectivity index (χ1) is 10.3. The Morgan fingerprint density at radius 2 is 1.76 bits per heavy atom. The fourth-order valence-electron chi connectivity index (χ4n) is 3.03. The molecule has 2 aromatic rings. The molecule has 1 nitrogen and oxygen atoms in total. The van der Waals surface area contributed by atoms with E-state index in [2.05, 4.69) is 48.6 Å². The summed E-state index contributed by atoms with van der Waals surface area (Å²) in [6.45, 7) is 4.30. The third-order valence-corrected chi connectivity index (χ3v) is 4.32. The van der Waals surface area contributed by atoms with E-state index in [4.69, 9.17) is 11.6 Å². The Hall–Kier alpha value is -1.57. The third kappa shape index (κ3) is 3.20. The fraction of sp³-hybridized carbons (Fsp3) is 0.263. The molecule has 1 saturated heterocycles. The van der Waals surface area contributed by atoms with Gasteiger partial charge in [-0.3, -0.25) is 0 Å². The maximum atomic E-state index is 6.22. The van der Waals surface area contributed by atoms with E-state index in [1.165, 1.54) is 27.8 Å². The zero-order chi connectivity index (χ0) is 14.7. The van der Waals surface area contributed by atoms with E-state index in [1.54, 1.807) is 0 Å². The Labute approximate surface area is 131 Å². The Kier molecular flexibility index (Phi) is 4.42. The van der Waals surface area contributed by atoms with Crippen LogP contribution in [0.4, 0.5) is 0 Å². The van der Waals surface area contributed by atoms with Crippen molar-refractivity contribution in [1.82, 2.24) is 5.32 Å². The molecule has 2 heteroatoms. The lowest BCUT2D eigenvalue weighted by Crippen LogP contribution is -2.24. The smallest absolute Gasteiger partial charge is 0.0412 e. The van der Waals surface area contributed by atoms with Crippen molar-refractivity contribution < 1.29 is 0 Å². The summed E-state index contributed by atoms with van der Waals surface area (Å²) in [5.74, 6) is 0. The number of aryl methyl sites for hydroxylation is 1. The van der Waals surface area contributed by atoms with Gasteiger partial charge in [0.2, 0.25) is 0 Å². The van der Waals surface area contributed by atoms with Gasteiger partial charge in [-0.2, -0.15) is 0 Å². The highest BCUT2D eigenvalue weighted by Gasteiger charge is 2.16. The van der Waals surface area contributed by atoms with Gasteiger partial charge in [0.25, 0.3) is 0 Å². The first-order valence-electron chi connectivity index (χ1n) is 7.50. The molecule has 2 aromatic carbocycles. The average Bonchev–Trinajstić information content (AvgIpc) is 2.51. The van der Waals surface area contributed by atoms with Crippen LogP contribution in [0.3, 0.4) is 0 Å². The van der Waals surface area contributed by atoms with Gasteiger partial charge >= 0.3 is 0 Å². The first-order valence-corrected chi connectivity index (χ1v) is 7.88. The summed E-state index contributed by atoms with van der Waals surface area (Å²) in [7, 11) is 0. The second-order valence-corrected chi connectivity index (χ2v) is 5.99. The van der Waals surface area contributed by atoms with E-state index >= 15 is 0 Å². The quantitative estimate of drug-likeness (QED) is 0.837. The third-order valence-electron chi connectivity index (χ3n) is 4.09. The average molecular weight is 298 g/mol. The zero-order valence-electron chi connectivity index (χ0n) is 12.3. The van der Waals surface area contributed by atoms with Crippen LogP contribution in [0.25, 0.3) is 5.57 Å². The molecule has 3 rings (SSSR count).